The highest BCUT2D eigenvalue weighted by Gasteiger charge is 2.67. The lowest BCUT2D eigenvalue weighted by Crippen LogP contribution is -2.68. The van der Waals surface area contributed by atoms with Gasteiger partial charge in [-0.15, -0.1) is 0 Å². The maximum atomic E-state index is 13.8. The van der Waals surface area contributed by atoms with Crippen molar-refractivity contribution in [3.05, 3.63) is 46.3 Å². The molecule has 2 unspecified atom stereocenters. The largest absolute Gasteiger partial charge is 0.509 e. The van der Waals surface area contributed by atoms with Gasteiger partial charge in [0, 0.05) is 24.2 Å². The minimum absolute atomic E-state index is 0.0647. The summed E-state index contributed by atoms with van der Waals surface area (Å²) in [4.78, 5) is 45.1. The van der Waals surface area contributed by atoms with E-state index >= 15 is 0 Å². The first-order chi connectivity index (χ1) is 16.4. The quantitative estimate of drug-likeness (QED) is 0.396. The second-order valence-electron chi connectivity index (χ2n) is 9.73. The molecule has 35 heavy (non-hydrogen) atoms. The normalized spacial score (nSPS) is 30.5. The van der Waals surface area contributed by atoms with Crippen LogP contribution in [0.2, 0.25) is 0 Å². The summed E-state index contributed by atoms with van der Waals surface area (Å²) in [5.41, 5.74) is 2.59. The molecule has 11 heteroatoms. The Balaban J connectivity index is 1.80. The van der Waals surface area contributed by atoms with Crippen LogP contribution in [0, 0.1) is 11.8 Å². The van der Waals surface area contributed by atoms with Gasteiger partial charge in [-0.2, -0.15) is 0 Å². The first-order valence-electron chi connectivity index (χ1n) is 11.1. The van der Waals surface area contributed by atoms with Crippen LogP contribution in [0.4, 0.5) is 5.69 Å². The zero-order valence-electron chi connectivity index (χ0n) is 19.7. The molecule has 1 aromatic heterocycles. The van der Waals surface area contributed by atoms with Gasteiger partial charge in [-0.1, -0.05) is 0 Å². The molecule has 1 aromatic carbocycles. The molecular formula is C24H26N4O7. The molecule has 0 spiro atoms. The van der Waals surface area contributed by atoms with Gasteiger partial charge in [0.15, 0.2) is 23.4 Å². The molecule has 0 fully saturated rings. The number of aliphatic hydroxyl groups excluding tert-OH is 2. The third kappa shape index (κ3) is 2.62. The lowest BCUT2D eigenvalue weighted by molar-refractivity contribution is -0.155. The Kier molecular flexibility index (Phi) is 4.71. The van der Waals surface area contributed by atoms with Crippen molar-refractivity contribution >= 4 is 34.3 Å². The molecule has 0 aliphatic heterocycles. The molecule has 1 amide bonds. The van der Waals surface area contributed by atoms with E-state index in [2.05, 4.69) is 10.3 Å². The number of nitrogens with one attached hydrogen (secondary N) is 1. The molecule has 1 heterocycles. The number of aliphatic hydroxyl groups is 3. The number of rotatable bonds is 3. The van der Waals surface area contributed by atoms with Crippen LogP contribution in [-0.4, -0.2) is 75.0 Å². The molecule has 0 radical (unpaired) electrons. The molecule has 6 N–H and O–H groups in total. The van der Waals surface area contributed by atoms with E-state index in [4.69, 9.17) is 10.2 Å². The van der Waals surface area contributed by atoms with Gasteiger partial charge in [-0.25, -0.2) is 4.98 Å². The van der Waals surface area contributed by atoms with Crippen LogP contribution in [0.3, 0.4) is 0 Å². The summed E-state index contributed by atoms with van der Waals surface area (Å²) in [5, 5.41) is 37.3. The number of nitrogens with zero attached hydrogens (tertiary/aromatic N) is 2. The van der Waals surface area contributed by atoms with Crippen molar-refractivity contribution in [1.82, 2.24) is 9.88 Å². The van der Waals surface area contributed by atoms with Gasteiger partial charge in [-0.3, -0.25) is 19.3 Å². The van der Waals surface area contributed by atoms with E-state index in [-0.39, 0.29) is 23.1 Å². The number of carbonyl (C=O) groups excluding carboxylic acids is 3. The van der Waals surface area contributed by atoms with E-state index in [1.54, 1.807) is 39.0 Å². The number of carbonyl (C=O) groups is 3. The van der Waals surface area contributed by atoms with Gasteiger partial charge in [0.25, 0.3) is 5.91 Å². The number of nitrogens with two attached hydrogens (primary N) is 1. The summed E-state index contributed by atoms with van der Waals surface area (Å²) in [7, 11) is 4.94. The Morgan fingerprint density at radius 3 is 2.57 bits per heavy atom. The number of anilines is 1. The number of hydrogen-bond donors (Lipinski definition) is 5. The first kappa shape index (κ1) is 23.1. The monoisotopic (exact) mass is 482 g/mol. The molecule has 0 saturated carbocycles. The van der Waals surface area contributed by atoms with E-state index in [0.717, 1.165) is 0 Å². The van der Waals surface area contributed by atoms with Crippen LogP contribution >= 0.6 is 0 Å². The third-order valence-corrected chi connectivity index (χ3v) is 8.11. The van der Waals surface area contributed by atoms with Gasteiger partial charge in [-0.05, 0) is 51.4 Å². The van der Waals surface area contributed by atoms with Gasteiger partial charge in [0.1, 0.15) is 22.6 Å². The second kappa shape index (κ2) is 7.15. The number of amides is 1. The first-order valence-corrected chi connectivity index (χ1v) is 11.1. The van der Waals surface area contributed by atoms with Gasteiger partial charge < -0.3 is 30.8 Å². The van der Waals surface area contributed by atoms with Gasteiger partial charge in [0.05, 0.1) is 11.1 Å². The van der Waals surface area contributed by atoms with E-state index in [0.29, 0.717) is 23.2 Å². The van der Waals surface area contributed by atoms with Crippen molar-refractivity contribution in [2.24, 2.45) is 17.6 Å². The molecule has 11 nitrogen and oxygen atoms in total. The molecule has 2 aromatic rings. The fraction of sp³-hybridized carbons (Fsp3) is 0.417. The van der Waals surface area contributed by atoms with Crippen LogP contribution in [0.25, 0.3) is 11.1 Å². The van der Waals surface area contributed by atoms with Crippen molar-refractivity contribution in [1.29, 1.82) is 0 Å². The number of hydrogen-bond acceptors (Lipinski definition) is 10. The Hall–Kier alpha value is -3.70. The third-order valence-electron chi connectivity index (χ3n) is 8.11. The topological polar surface area (TPSA) is 179 Å². The van der Waals surface area contributed by atoms with E-state index in [1.807, 2.05) is 0 Å². The van der Waals surface area contributed by atoms with Crippen molar-refractivity contribution in [3.8, 4) is 0 Å². The summed E-state index contributed by atoms with van der Waals surface area (Å²) in [6.45, 7) is 1.56. The summed E-state index contributed by atoms with van der Waals surface area (Å²) in [6.07, 6.45) is 1.57. The predicted octanol–water partition coefficient (Wildman–Crippen LogP) is 0.988. The number of Topliss-reactive ketones (excluding diaryl/α,β-unsaturated/α-hetero) is 2. The smallest absolute Gasteiger partial charge is 0.255 e. The van der Waals surface area contributed by atoms with E-state index in [1.165, 1.54) is 6.39 Å². The van der Waals surface area contributed by atoms with Crippen molar-refractivity contribution in [3.63, 3.8) is 0 Å². The van der Waals surface area contributed by atoms with Crippen LogP contribution in [-0.2, 0) is 16.0 Å². The fourth-order valence-electron chi connectivity index (χ4n) is 6.08. The Morgan fingerprint density at radius 1 is 1.29 bits per heavy atom. The highest BCUT2D eigenvalue weighted by atomic mass is 16.4. The maximum Gasteiger partial charge on any atom is 0.255 e. The van der Waals surface area contributed by atoms with Crippen molar-refractivity contribution in [2.45, 2.75) is 30.9 Å². The van der Waals surface area contributed by atoms with E-state index in [9.17, 15) is 29.7 Å². The zero-order valence-corrected chi connectivity index (χ0v) is 19.7. The Labute approximate surface area is 199 Å². The molecular weight excluding hydrogens is 456 g/mol. The second-order valence-corrected chi connectivity index (χ2v) is 9.73. The molecule has 184 valence electrons. The number of oxazole rings is 1. The SMILES string of the molecule is CNc1cc2ncoc2c2c1CC1C[C@H]3C(C)(N(C)C)C(O)=C(C(N)=O)C(=O)[C@@]3(O)C(O)=C1C2=O. The van der Waals surface area contributed by atoms with Gasteiger partial charge >= 0.3 is 0 Å². The number of aromatic nitrogens is 1. The molecule has 5 rings (SSSR count). The summed E-state index contributed by atoms with van der Waals surface area (Å²) < 4.78 is 5.48. The van der Waals surface area contributed by atoms with E-state index < -0.39 is 57.5 Å². The average molecular weight is 482 g/mol. The average Bonchev–Trinajstić information content (AvgIpc) is 3.27. The lowest BCUT2D eigenvalue weighted by Gasteiger charge is -2.55. The van der Waals surface area contributed by atoms with Crippen molar-refractivity contribution in [2.75, 3.05) is 26.5 Å². The fourth-order valence-corrected chi connectivity index (χ4v) is 6.08. The highest BCUT2D eigenvalue weighted by molar-refractivity contribution is 6.25. The number of allylic oxidation sites excluding steroid dienone is 1. The lowest BCUT2D eigenvalue weighted by atomic mass is 9.54. The summed E-state index contributed by atoms with van der Waals surface area (Å²) in [5.74, 6) is -6.15. The minimum Gasteiger partial charge on any atom is -0.509 e. The zero-order chi connectivity index (χ0) is 25.6. The molecule has 0 saturated heterocycles. The predicted molar refractivity (Wildman–Crippen MR) is 124 cm³/mol. The van der Waals surface area contributed by atoms with Crippen LogP contribution in [0.15, 0.2) is 39.5 Å². The summed E-state index contributed by atoms with van der Waals surface area (Å²) in [6, 6.07) is 1.76. The Bertz CT molecular complexity index is 1400. The number of ketones is 2. The minimum atomic E-state index is -2.64. The van der Waals surface area contributed by atoms with Crippen LogP contribution < -0.4 is 11.1 Å². The van der Waals surface area contributed by atoms with Crippen LogP contribution in [0.1, 0.15) is 29.3 Å². The standard InChI is InChI=1S/C24H26N4O7/c1-23(28(3)4)13-6-9-5-10-11(26-2)7-12-18(35-8-27-12)15(10)17(29)14(9)20(31)24(13,34)21(32)16(19(23)30)22(25)33/h7-9,13,26,30-31,34H,5-6H2,1-4H3,(H2,25,33)/t9?,13-,23?,24-/m0/s1. The van der Waals surface area contributed by atoms with Crippen molar-refractivity contribution < 1.29 is 34.1 Å². The molecule has 3 aliphatic rings. The van der Waals surface area contributed by atoms with Crippen LogP contribution in [0.5, 0.6) is 0 Å². The molecule has 4 atom stereocenters. The number of fused-ring (bicyclic) bond motifs is 5. The number of likely N-dealkylation sites (N-methyl/N-ethyl adjacent to an activating group) is 1. The Morgan fingerprint density at radius 2 is 1.97 bits per heavy atom. The maximum absolute atomic E-state index is 13.8. The highest BCUT2D eigenvalue weighted by Crippen LogP contribution is 2.55. The number of primary amides is 1. The van der Waals surface area contributed by atoms with Gasteiger partial charge in [0.2, 0.25) is 5.78 Å². The molecule has 0 bridgehead atoms. The molecule has 3 aliphatic carbocycles. The number of benzene rings is 1. The summed E-state index contributed by atoms with van der Waals surface area (Å²) >= 11 is 0.